The predicted octanol–water partition coefficient (Wildman–Crippen LogP) is 5.37. The monoisotopic (exact) mass is 427 g/mol. The molecule has 0 saturated heterocycles. The highest BCUT2D eigenvalue weighted by molar-refractivity contribution is 7.69. The van der Waals surface area contributed by atoms with Crippen molar-refractivity contribution in [3.8, 4) is 23.0 Å². The lowest BCUT2D eigenvalue weighted by Gasteiger charge is -2.20. The fraction of sp³-hybridized carbons (Fsp3) is 0.250. The summed E-state index contributed by atoms with van der Waals surface area (Å²) >= 11 is 0. The molecule has 3 aromatic carbocycles. The van der Waals surface area contributed by atoms with Gasteiger partial charge in [0.25, 0.3) is 0 Å². The molecule has 0 spiro atoms. The van der Waals surface area contributed by atoms with E-state index in [4.69, 9.17) is 18.5 Å². The van der Waals surface area contributed by atoms with Gasteiger partial charge in [-0.15, -0.1) is 0 Å². The van der Waals surface area contributed by atoms with Gasteiger partial charge in [-0.2, -0.15) is 4.89 Å². The fourth-order valence-electron chi connectivity index (χ4n) is 3.02. The molecule has 3 rings (SSSR count). The van der Waals surface area contributed by atoms with Gasteiger partial charge >= 0.3 is 7.94 Å². The zero-order valence-electron chi connectivity index (χ0n) is 17.8. The highest BCUT2D eigenvalue weighted by Gasteiger charge is 2.48. The molecule has 0 amide bonds. The largest absolute Gasteiger partial charge is 0.533 e. The Labute approximate surface area is 178 Å². The predicted molar refractivity (Wildman–Crippen MR) is 121 cm³/mol. The van der Waals surface area contributed by atoms with Gasteiger partial charge < -0.3 is 9.47 Å². The van der Waals surface area contributed by atoms with Gasteiger partial charge in [0, 0.05) is 0 Å². The van der Waals surface area contributed by atoms with Crippen molar-refractivity contribution in [1.82, 2.24) is 0 Å². The second-order valence-electron chi connectivity index (χ2n) is 6.72. The zero-order valence-corrected chi connectivity index (χ0v) is 18.7. The number of rotatable bonds is 9. The van der Waals surface area contributed by atoms with E-state index in [9.17, 15) is 4.89 Å². The highest BCUT2D eigenvalue weighted by Crippen LogP contribution is 2.57. The lowest BCUT2D eigenvalue weighted by molar-refractivity contribution is 0.330. The lowest BCUT2D eigenvalue weighted by atomic mass is 10.1. The molecule has 0 saturated carbocycles. The minimum atomic E-state index is -3.55. The van der Waals surface area contributed by atoms with E-state index in [0.29, 0.717) is 28.3 Å². The Balaban J connectivity index is 2.03. The minimum absolute atomic E-state index is 0.415. The Morgan fingerprint density at radius 3 is 1.53 bits per heavy atom. The summed E-state index contributed by atoms with van der Waals surface area (Å²) in [5, 5.41) is 0.549. The maximum atomic E-state index is 11.6. The van der Waals surface area contributed by atoms with E-state index in [1.807, 2.05) is 42.5 Å². The topological polar surface area (TPSA) is 57.2 Å². The third kappa shape index (κ3) is 4.86. The van der Waals surface area contributed by atoms with Crippen LogP contribution in [0.3, 0.4) is 0 Å². The summed E-state index contributed by atoms with van der Waals surface area (Å²) in [7, 11) is -0.396. The standard InChI is InChI=1S/C24H28O5P/c1-5-18-12-14-21(23(16-18)26-3)28-30(25,20-10-8-7-9-11-20)29-22-15-13-19(6-2)17-24(22)27-4/h7-17,25H,5-6H2,1-4H3/q+1. The van der Waals surface area contributed by atoms with Crippen LogP contribution in [0.15, 0.2) is 66.7 Å². The molecule has 0 aliphatic heterocycles. The second kappa shape index (κ2) is 9.84. The van der Waals surface area contributed by atoms with Gasteiger partial charge in [0.05, 0.1) is 14.2 Å². The van der Waals surface area contributed by atoms with Gasteiger partial charge in [0.1, 0.15) is 0 Å². The highest BCUT2D eigenvalue weighted by atomic mass is 31.2. The molecule has 0 aromatic heterocycles. The summed E-state index contributed by atoms with van der Waals surface area (Å²) < 4.78 is 23.3. The smallest absolute Gasteiger partial charge is 0.493 e. The van der Waals surface area contributed by atoms with Crippen molar-refractivity contribution in [3.05, 3.63) is 77.9 Å². The first-order valence-corrected chi connectivity index (χ1v) is 11.5. The van der Waals surface area contributed by atoms with Crippen LogP contribution in [0.2, 0.25) is 0 Å². The Morgan fingerprint density at radius 1 is 0.667 bits per heavy atom. The molecule has 0 atom stereocenters. The van der Waals surface area contributed by atoms with Gasteiger partial charge in [-0.3, -0.25) is 9.05 Å². The van der Waals surface area contributed by atoms with E-state index in [0.717, 1.165) is 24.0 Å². The van der Waals surface area contributed by atoms with E-state index in [2.05, 4.69) is 13.8 Å². The molecular formula is C24H28O5P+. The molecular weight excluding hydrogens is 399 g/mol. The summed E-state index contributed by atoms with van der Waals surface area (Å²) in [5.41, 5.74) is 2.22. The van der Waals surface area contributed by atoms with Crippen molar-refractivity contribution in [2.24, 2.45) is 0 Å². The van der Waals surface area contributed by atoms with E-state index in [-0.39, 0.29) is 0 Å². The SMILES string of the molecule is CCc1ccc(O[P+](O)(Oc2ccc(CC)cc2OC)c2ccccc2)c(OC)c1. The fourth-order valence-corrected chi connectivity index (χ4v) is 4.65. The zero-order chi connectivity index (χ0) is 21.6. The first kappa shape index (κ1) is 21.9. The molecule has 3 aromatic rings. The van der Waals surface area contributed by atoms with Crippen molar-refractivity contribution < 1.29 is 23.4 Å². The van der Waals surface area contributed by atoms with Gasteiger partial charge in [0.2, 0.25) is 16.8 Å². The van der Waals surface area contributed by atoms with Crippen LogP contribution >= 0.6 is 7.94 Å². The molecule has 0 heterocycles. The third-order valence-corrected chi connectivity index (χ3v) is 6.64. The molecule has 158 valence electrons. The van der Waals surface area contributed by atoms with Crippen LogP contribution in [0.4, 0.5) is 0 Å². The Hall–Kier alpha value is -2.75. The lowest BCUT2D eigenvalue weighted by Crippen LogP contribution is -2.21. The van der Waals surface area contributed by atoms with Gasteiger partial charge in [0.15, 0.2) is 11.5 Å². The van der Waals surface area contributed by atoms with Crippen molar-refractivity contribution >= 4 is 13.2 Å². The summed E-state index contributed by atoms with van der Waals surface area (Å²) in [6.07, 6.45) is 1.73. The minimum Gasteiger partial charge on any atom is -0.493 e. The van der Waals surface area contributed by atoms with E-state index in [1.54, 1.807) is 38.5 Å². The van der Waals surface area contributed by atoms with Crippen molar-refractivity contribution in [1.29, 1.82) is 0 Å². The van der Waals surface area contributed by atoms with E-state index in [1.165, 1.54) is 0 Å². The van der Waals surface area contributed by atoms with E-state index >= 15 is 0 Å². The summed E-state index contributed by atoms with van der Waals surface area (Å²) in [6.45, 7) is 4.13. The number of methoxy groups -OCH3 is 2. The van der Waals surface area contributed by atoms with Crippen LogP contribution in [0, 0.1) is 0 Å². The van der Waals surface area contributed by atoms with E-state index < -0.39 is 7.94 Å². The van der Waals surface area contributed by atoms with Gasteiger partial charge in [-0.05, 0) is 60.4 Å². The summed E-state index contributed by atoms with van der Waals surface area (Å²) in [6, 6.07) is 20.4. The van der Waals surface area contributed by atoms with Crippen LogP contribution < -0.4 is 23.8 Å². The first-order chi connectivity index (χ1) is 14.5. The summed E-state index contributed by atoms with van der Waals surface area (Å²) in [4.78, 5) is 11.6. The average Bonchev–Trinajstić information content (AvgIpc) is 2.80. The molecule has 0 fully saturated rings. The van der Waals surface area contributed by atoms with Crippen molar-refractivity contribution in [2.45, 2.75) is 26.7 Å². The second-order valence-corrected chi connectivity index (χ2v) is 8.64. The molecule has 0 radical (unpaired) electrons. The number of ether oxygens (including phenoxy) is 2. The normalized spacial score (nSPS) is 11.1. The first-order valence-electron chi connectivity index (χ1n) is 9.93. The Morgan fingerprint density at radius 2 is 1.13 bits per heavy atom. The molecule has 0 unspecified atom stereocenters. The average molecular weight is 427 g/mol. The molecule has 0 bridgehead atoms. The van der Waals surface area contributed by atoms with Crippen LogP contribution in [0.1, 0.15) is 25.0 Å². The van der Waals surface area contributed by atoms with Gasteiger partial charge in [-0.25, -0.2) is 0 Å². The van der Waals surface area contributed by atoms with Crippen molar-refractivity contribution in [2.75, 3.05) is 14.2 Å². The molecule has 0 aliphatic rings. The van der Waals surface area contributed by atoms with Crippen LogP contribution in [-0.2, 0) is 12.8 Å². The van der Waals surface area contributed by atoms with Crippen LogP contribution in [0.5, 0.6) is 23.0 Å². The Kier molecular flexibility index (Phi) is 7.20. The molecule has 5 nitrogen and oxygen atoms in total. The molecule has 6 heteroatoms. The quantitative estimate of drug-likeness (QED) is 0.466. The number of benzene rings is 3. The number of hydrogen-bond donors (Lipinski definition) is 1. The maximum absolute atomic E-state index is 11.6. The van der Waals surface area contributed by atoms with Crippen LogP contribution in [-0.4, -0.2) is 19.1 Å². The van der Waals surface area contributed by atoms with Crippen molar-refractivity contribution in [3.63, 3.8) is 0 Å². The third-order valence-electron chi connectivity index (χ3n) is 4.80. The maximum Gasteiger partial charge on any atom is 0.533 e. The van der Waals surface area contributed by atoms with Crippen LogP contribution in [0.25, 0.3) is 0 Å². The molecule has 1 N–H and O–H groups in total. The van der Waals surface area contributed by atoms with Gasteiger partial charge in [-0.1, -0.05) is 44.2 Å². The molecule has 0 aliphatic carbocycles. The molecule has 30 heavy (non-hydrogen) atoms. The number of aryl methyl sites for hydroxylation is 2. The number of hydrogen-bond acceptors (Lipinski definition) is 5. The Bertz CT molecular complexity index is 917. The summed E-state index contributed by atoms with van der Waals surface area (Å²) in [5.74, 6) is 1.92.